The van der Waals surface area contributed by atoms with Gasteiger partial charge in [-0.05, 0) is 36.2 Å². The van der Waals surface area contributed by atoms with Crippen molar-refractivity contribution >= 4 is 11.1 Å². The van der Waals surface area contributed by atoms with E-state index in [0.29, 0.717) is 25.2 Å². The van der Waals surface area contributed by atoms with Gasteiger partial charge < -0.3 is 9.52 Å². The summed E-state index contributed by atoms with van der Waals surface area (Å²) in [5, 5.41) is 10.4. The van der Waals surface area contributed by atoms with Crippen LogP contribution in [0.25, 0.3) is 11.1 Å². The smallest absolute Gasteiger partial charge is 0.408 e. The van der Waals surface area contributed by atoms with E-state index in [0.717, 1.165) is 18.5 Å². The molecule has 3 aromatic rings. The van der Waals surface area contributed by atoms with Crippen LogP contribution in [-0.2, 0) is 13.0 Å². The number of oxazole rings is 1. The summed E-state index contributed by atoms with van der Waals surface area (Å²) in [5.41, 5.74) is 2.63. The third-order valence-corrected chi connectivity index (χ3v) is 4.94. The van der Waals surface area contributed by atoms with Crippen molar-refractivity contribution in [2.75, 3.05) is 19.6 Å². The van der Waals surface area contributed by atoms with E-state index in [1.807, 2.05) is 30.3 Å². The minimum atomic E-state index is -0.342. The molecule has 0 aliphatic carbocycles. The fourth-order valence-electron chi connectivity index (χ4n) is 3.61. The third-order valence-electron chi connectivity index (χ3n) is 4.94. The average molecular weight is 339 g/mol. The number of para-hydroxylation sites is 2. The molecule has 0 spiro atoms. The molecular weight excluding hydrogens is 318 g/mol. The van der Waals surface area contributed by atoms with E-state index in [2.05, 4.69) is 9.88 Å². The summed E-state index contributed by atoms with van der Waals surface area (Å²) >= 11 is 0. The molecule has 0 bridgehead atoms. The first-order chi connectivity index (χ1) is 12.2. The Morgan fingerprint density at radius 1 is 1.12 bits per heavy atom. The molecule has 25 heavy (non-hydrogen) atoms. The molecule has 0 amide bonds. The number of hydrogen-bond donors (Lipinski definition) is 1. The summed E-state index contributed by atoms with van der Waals surface area (Å²) in [4.78, 5) is 18.3. The molecule has 0 unspecified atom stereocenters. The molecule has 0 saturated carbocycles. The number of aliphatic hydroxyl groups excluding tert-OH is 1. The quantitative estimate of drug-likeness (QED) is 0.763. The summed E-state index contributed by atoms with van der Waals surface area (Å²) < 4.78 is 6.93. The first-order valence-electron chi connectivity index (χ1n) is 8.58. The normalized spacial score (nSPS) is 21.2. The lowest BCUT2D eigenvalue weighted by Gasteiger charge is -2.15. The minimum absolute atomic E-state index is 0.209. The van der Waals surface area contributed by atoms with Crippen molar-refractivity contribution < 1.29 is 9.52 Å². The van der Waals surface area contributed by atoms with Crippen LogP contribution in [0.15, 0.2) is 58.0 Å². The average Bonchev–Trinajstić information content (AvgIpc) is 3.13. The van der Waals surface area contributed by atoms with Crippen LogP contribution in [0.3, 0.4) is 0 Å². The number of pyridine rings is 1. The molecule has 2 atom stereocenters. The molecule has 6 nitrogen and oxygen atoms in total. The van der Waals surface area contributed by atoms with E-state index >= 15 is 0 Å². The Morgan fingerprint density at radius 3 is 2.76 bits per heavy atom. The van der Waals surface area contributed by atoms with Crippen molar-refractivity contribution in [3.8, 4) is 0 Å². The topological polar surface area (TPSA) is 71.5 Å². The standard InChI is InChI=1S/C19H21N3O3/c23-17-13-21(12-15(17)11-14-5-7-20-8-6-14)9-10-22-16-3-1-2-4-18(16)25-19(22)24/h1-8,15,17,23H,9-13H2/t15-,17+/m1/s1. The Kier molecular flexibility index (Phi) is 4.38. The number of nitrogens with zero attached hydrogens (tertiary/aromatic N) is 3. The highest BCUT2D eigenvalue weighted by molar-refractivity contribution is 5.72. The van der Waals surface area contributed by atoms with E-state index in [4.69, 9.17) is 4.42 Å². The second kappa shape index (κ2) is 6.82. The first kappa shape index (κ1) is 16.1. The Labute approximate surface area is 145 Å². The van der Waals surface area contributed by atoms with E-state index in [1.54, 1.807) is 23.0 Å². The molecule has 130 valence electrons. The number of β-amino-alcohol motifs (C(OH)–C–C–N with tert-alkyl or cyclic N) is 1. The summed E-state index contributed by atoms with van der Waals surface area (Å²) in [5.74, 6) is -0.116. The maximum absolute atomic E-state index is 12.0. The number of hydrogen-bond acceptors (Lipinski definition) is 5. The van der Waals surface area contributed by atoms with Gasteiger partial charge in [0, 0.05) is 44.5 Å². The van der Waals surface area contributed by atoms with Crippen molar-refractivity contribution in [2.24, 2.45) is 5.92 Å². The predicted octanol–water partition coefficient (Wildman–Crippen LogP) is 1.52. The molecule has 4 rings (SSSR count). The number of aliphatic hydroxyl groups is 1. The zero-order valence-electron chi connectivity index (χ0n) is 13.9. The van der Waals surface area contributed by atoms with Crippen LogP contribution in [0.4, 0.5) is 0 Å². The summed E-state index contributed by atoms with van der Waals surface area (Å²) in [6.45, 7) is 2.74. The van der Waals surface area contributed by atoms with Gasteiger partial charge in [-0.2, -0.15) is 0 Å². The van der Waals surface area contributed by atoms with E-state index < -0.39 is 0 Å². The Balaban J connectivity index is 1.40. The zero-order valence-corrected chi connectivity index (χ0v) is 13.9. The second-order valence-electron chi connectivity index (χ2n) is 6.63. The highest BCUT2D eigenvalue weighted by Crippen LogP contribution is 2.21. The summed E-state index contributed by atoms with van der Waals surface area (Å²) in [6.07, 6.45) is 4.07. The number of aromatic nitrogens is 2. The Morgan fingerprint density at radius 2 is 1.92 bits per heavy atom. The van der Waals surface area contributed by atoms with Gasteiger partial charge in [0.25, 0.3) is 0 Å². The van der Waals surface area contributed by atoms with Gasteiger partial charge in [0.15, 0.2) is 5.58 Å². The van der Waals surface area contributed by atoms with Crippen LogP contribution in [0.2, 0.25) is 0 Å². The molecule has 1 aromatic carbocycles. The Bertz CT molecular complexity index is 903. The molecule has 1 saturated heterocycles. The van der Waals surface area contributed by atoms with Crippen LogP contribution in [-0.4, -0.2) is 45.3 Å². The first-order valence-corrected chi connectivity index (χ1v) is 8.58. The molecule has 6 heteroatoms. The maximum atomic E-state index is 12.0. The van der Waals surface area contributed by atoms with Gasteiger partial charge >= 0.3 is 5.76 Å². The van der Waals surface area contributed by atoms with Gasteiger partial charge in [-0.25, -0.2) is 4.79 Å². The fraction of sp³-hybridized carbons (Fsp3) is 0.368. The fourth-order valence-corrected chi connectivity index (χ4v) is 3.61. The molecule has 1 aliphatic rings. The summed E-state index contributed by atoms with van der Waals surface area (Å²) in [7, 11) is 0. The number of likely N-dealkylation sites (tertiary alicyclic amines) is 1. The van der Waals surface area contributed by atoms with Crippen LogP contribution in [0.5, 0.6) is 0 Å². The molecule has 2 aromatic heterocycles. The SMILES string of the molecule is O=c1oc2ccccc2n1CCN1C[C@@H](Cc2ccncc2)[C@@H](O)C1. The summed E-state index contributed by atoms with van der Waals surface area (Å²) in [6, 6.07) is 11.4. The molecule has 0 radical (unpaired) electrons. The van der Waals surface area contributed by atoms with E-state index in [-0.39, 0.29) is 17.8 Å². The highest BCUT2D eigenvalue weighted by Gasteiger charge is 2.31. The lowest BCUT2D eigenvalue weighted by atomic mass is 9.97. The van der Waals surface area contributed by atoms with Crippen LogP contribution < -0.4 is 5.76 Å². The van der Waals surface area contributed by atoms with Gasteiger partial charge in [0.05, 0.1) is 11.6 Å². The number of benzene rings is 1. The van der Waals surface area contributed by atoms with Crippen molar-refractivity contribution in [3.63, 3.8) is 0 Å². The lowest BCUT2D eigenvalue weighted by Crippen LogP contribution is -2.28. The van der Waals surface area contributed by atoms with Crippen LogP contribution in [0, 0.1) is 5.92 Å². The molecular formula is C19H21N3O3. The van der Waals surface area contributed by atoms with Crippen LogP contribution >= 0.6 is 0 Å². The van der Waals surface area contributed by atoms with Crippen molar-refractivity contribution in [1.29, 1.82) is 0 Å². The maximum Gasteiger partial charge on any atom is 0.419 e. The van der Waals surface area contributed by atoms with Gasteiger partial charge in [-0.1, -0.05) is 12.1 Å². The number of fused-ring (bicyclic) bond motifs is 1. The van der Waals surface area contributed by atoms with E-state index in [9.17, 15) is 9.90 Å². The predicted molar refractivity (Wildman–Crippen MR) is 94.4 cm³/mol. The zero-order chi connectivity index (χ0) is 17.2. The van der Waals surface area contributed by atoms with Crippen molar-refractivity contribution in [1.82, 2.24) is 14.5 Å². The third kappa shape index (κ3) is 3.36. The second-order valence-corrected chi connectivity index (χ2v) is 6.63. The molecule has 1 N–H and O–H groups in total. The van der Waals surface area contributed by atoms with Gasteiger partial charge in [-0.3, -0.25) is 14.5 Å². The van der Waals surface area contributed by atoms with Crippen molar-refractivity contribution in [3.05, 3.63) is 64.9 Å². The molecule has 1 fully saturated rings. The number of rotatable bonds is 5. The molecule has 1 aliphatic heterocycles. The van der Waals surface area contributed by atoms with E-state index in [1.165, 1.54) is 5.56 Å². The molecule has 3 heterocycles. The van der Waals surface area contributed by atoms with Gasteiger partial charge in [0.2, 0.25) is 0 Å². The Hall–Kier alpha value is -2.44. The van der Waals surface area contributed by atoms with Crippen molar-refractivity contribution in [2.45, 2.75) is 19.1 Å². The largest absolute Gasteiger partial charge is 0.419 e. The van der Waals surface area contributed by atoms with Gasteiger partial charge in [0.1, 0.15) is 0 Å². The highest BCUT2D eigenvalue weighted by atomic mass is 16.4. The monoisotopic (exact) mass is 339 g/mol. The van der Waals surface area contributed by atoms with Gasteiger partial charge in [-0.15, -0.1) is 0 Å². The minimum Gasteiger partial charge on any atom is -0.408 e. The lowest BCUT2D eigenvalue weighted by molar-refractivity contribution is 0.141. The van der Waals surface area contributed by atoms with Crippen LogP contribution in [0.1, 0.15) is 5.56 Å².